The first-order valence-corrected chi connectivity index (χ1v) is 9.61. The first-order chi connectivity index (χ1) is 11.5. The van der Waals surface area contributed by atoms with Crippen molar-refractivity contribution in [3.63, 3.8) is 0 Å². The van der Waals surface area contributed by atoms with Crippen molar-refractivity contribution in [3.8, 4) is 5.75 Å². The molecular weight excluding hydrogens is 322 g/mol. The van der Waals surface area contributed by atoms with Crippen LogP contribution in [0.15, 0.2) is 36.4 Å². The summed E-state index contributed by atoms with van der Waals surface area (Å²) in [6.07, 6.45) is 0.355. The van der Waals surface area contributed by atoms with E-state index in [2.05, 4.69) is 0 Å². The highest BCUT2D eigenvalue weighted by Crippen LogP contribution is 2.25. The van der Waals surface area contributed by atoms with Gasteiger partial charge in [-0.05, 0) is 42.3 Å². The maximum absolute atomic E-state index is 12.8. The van der Waals surface area contributed by atoms with Crippen LogP contribution in [-0.2, 0) is 22.0 Å². The van der Waals surface area contributed by atoms with Crippen LogP contribution >= 0.6 is 0 Å². The van der Waals surface area contributed by atoms with Gasteiger partial charge in [-0.25, -0.2) is 0 Å². The second-order valence-corrected chi connectivity index (χ2v) is 8.21. The van der Waals surface area contributed by atoms with E-state index < -0.39 is 10.8 Å². The highest BCUT2D eigenvalue weighted by atomic mass is 32.2. The van der Waals surface area contributed by atoms with E-state index in [-0.39, 0.29) is 17.2 Å². The number of hydrogen-bond acceptors (Lipinski definition) is 3. The average molecular weight is 345 g/mol. The third kappa shape index (κ3) is 3.18. The third-order valence-electron chi connectivity index (χ3n) is 4.96. The van der Waals surface area contributed by atoms with Crippen LogP contribution in [0.3, 0.4) is 0 Å². The molecule has 0 N–H and O–H groups in total. The van der Waals surface area contributed by atoms with Gasteiger partial charge in [-0.15, -0.1) is 0 Å². The van der Waals surface area contributed by atoms with E-state index >= 15 is 0 Å². The van der Waals surface area contributed by atoms with Crippen LogP contribution in [0.25, 0.3) is 10.8 Å². The Morgan fingerprint density at radius 3 is 2.83 bits per heavy atom. The van der Waals surface area contributed by atoms with Crippen molar-refractivity contribution in [2.45, 2.75) is 31.6 Å². The van der Waals surface area contributed by atoms with E-state index in [0.717, 1.165) is 22.1 Å². The number of rotatable bonds is 3. The number of hydrogen-bond donors (Lipinski definition) is 0. The molecule has 0 radical (unpaired) electrons. The third-order valence-corrected chi connectivity index (χ3v) is 6.77. The zero-order valence-corrected chi connectivity index (χ0v) is 15.1. The van der Waals surface area contributed by atoms with Gasteiger partial charge in [-0.2, -0.15) is 0 Å². The van der Waals surface area contributed by atoms with Crippen molar-refractivity contribution in [1.29, 1.82) is 0 Å². The van der Waals surface area contributed by atoms with Crippen molar-refractivity contribution in [3.05, 3.63) is 42.0 Å². The predicted molar refractivity (Wildman–Crippen MR) is 97.9 cm³/mol. The van der Waals surface area contributed by atoms with Gasteiger partial charge < -0.3 is 9.64 Å². The van der Waals surface area contributed by atoms with Crippen LogP contribution < -0.4 is 4.74 Å². The lowest BCUT2D eigenvalue weighted by Crippen LogP contribution is -2.52. The minimum atomic E-state index is -0.836. The summed E-state index contributed by atoms with van der Waals surface area (Å²) in [7, 11) is 0.809. The van der Waals surface area contributed by atoms with E-state index in [9.17, 15) is 9.00 Å². The molecule has 2 aromatic rings. The number of carbonyl (C=O) groups is 1. The average Bonchev–Trinajstić information content (AvgIpc) is 2.59. The quantitative estimate of drug-likeness (QED) is 0.859. The Balaban J connectivity index is 1.87. The van der Waals surface area contributed by atoms with E-state index in [0.29, 0.717) is 18.7 Å². The van der Waals surface area contributed by atoms with Crippen LogP contribution in [0.4, 0.5) is 0 Å². The summed E-state index contributed by atoms with van der Waals surface area (Å²) in [4.78, 5) is 14.7. The molecule has 1 aliphatic heterocycles. The molecule has 0 aliphatic carbocycles. The Morgan fingerprint density at radius 2 is 2.08 bits per heavy atom. The molecule has 0 aromatic heterocycles. The number of amides is 1. The van der Waals surface area contributed by atoms with Gasteiger partial charge in [0, 0.05) is 29.1 Å². The zero-order chi connectivity index (χ0) is 17.3. The lowest BCUT2D eigenvalue weighted by molar-refractivity contribution is -0.132. The minimum Gasteiger partial charge on any atom is -0.497 e. The molecule has 3 rings (SSSR count). The lowest BCUT2D eigenvalue weighted by Gasteiger charge is -2.37. The van der Waals surface area contributed by atoms with E-state index in [4.69, 9.17) is 4.74 Å². The molecule has 0 saturated carbocycles. The highest BCUT2D eigenvalue weighted by molar-refractivity contribution is 7.85. The monoisotopic (exact) mass is 345 g/mol. The van der Waals surface area contributed by atoms with Crippen LogP contribution in [0.5, 0.6) is 5.75 Å². The molecule has 5 heteroatoms. The standard InChI is InChI=1S/C19H23NO3S/c1-13-14(2)24(22)10-9-20(13)19(21)11-16-6-4-5-15-7-8-17(23-3)12-18(15)16/h4-8,12-14H,9-11H2,1-3H3/t13-,14+,24+/m1/s1. The van der Waals surface area contributed by atoms with Gasteiger partial charge in [0.05, 0.1) is 18.8 Å². The second kappa shape index (κ2) is 6.93. The molecule has 1 heterocycles. The largest absolute Gasteiger partial charge is 0.497 e. The molecule has 0 spiro atoms. The summed E-state index contributed by atoms with van der Waals surface area (Å²) < 4.78 is 17.2. The molecule has 24 heavy (non-hydrogen) atoms. The maximum atomic E-state index is 12.8. The second-order valence-electron chi connectivity index (χ2n) is 6.30. The highest BCUT2D eigenvalue weighted by Gasteiger charge is 2.32. The molecule has 128 valence electrons. The van der Waals surface area contributed by atoms with Crippen LogP contribution in [0, 0.1) is 0 Å². The van der Waals surface area contributed by atoms with Gasteiger partial charge in [-0.1, -0.05) is 24.3 Å². The fourth-order valence-corrected chi connectivity index (χ4v) is 4.60. The normalized spacial score (nSPS) is 24.1. The fraction of sp³-hybridized carbons (Fsp3) is 0.421. The van der Waals surface area contributed by atoms with E-state index in [1.165, 1.54) is 0 Å². The molecule has 2 aromatic carbocycles. The van der Waals surface area contributed by atoms with Gasteiger partial charge in [0.25, 0.3) is 0 Å². The summed E-state index contributed by atoms with van der Waals surface area (Å²) in [6.45, 7) is 4.53. The summed E-state index contributed by atoms with van der Waals surface area (Å²) in [6, 6.07) is 11.9. The molecule has 1 saturated heterocycles. The Labute approximate surface area is 145 Å². The van der Waals surface area contributed by atoms with Crippen LogP contribution in [0.2, 0.25) is 0 Å². The molecule has 1 fully saturated rings. The first-order valence-electron chi connectivity index (χ1n) is 8.23. The van der Waals surface area contributed by atoms with Crippen molar-refractivity contribution in [2.75, 3.05) is 19.4 Å². The Bertz CT molecular complexity index is 789. The van der Waals surface area contributed by atoms with E-state index in [1.807, 2.05) is 55.1 Å². The smallest absolute Gasteiger partial charge is 0.227 e. The summed E-state index contributed by atoms with van der Waals surface area (Å²) in [5.41, 5.74) is 1.00. The number of fused-ring (bicyclic) bond motifs is 1. The molecule has 1 amide bonds. The number of nitrogens with zero attached hydrogens (tertiary/aromatic N) is 1. The first kappa shape index (κ1) is 17.0. The minimum absolute atomic E-state index is 0.0107. The Kier molecular flexibility index (Phi) is 4.90. The van der Waals surface area contributed by atoms with Gasteiger partial charge in [0.15, 0.2) is 0 Å². The van der Waals surface area contributed by atoms with Crippen molar-refractivity contribution < 1.29 is 13.7 Å². The SMILES string of the molecule is COc1ccc2cccc(CC(=O)N3CC[S@](=O)[C@@H](C)[C@H]3C)c2c1. The molecule has 0 unspecified atom stereocenters. The molecule has 1 aliphatic rings. The zero-order valence-electron chi connectivity index (χ0n) is 14.3. The fourth-order valence-electron chi connectivity index (χ4n) is 3.26. The van der Waals surface area contributed by atoms with Crippen molar-refractivity contribution >= 4 is 27.5 Å². The van der Waals surface area contributed by atoms with Crippen molar-refractivity contribution in [1.82, 2.24) is 4.90 Å². The topological polar surface area (TPSA) is 46.6 Å². The van der Waals surface area contributed by atoms with Gasteiger partial charge in [0.1, 0.15) is 5.75 Å². The summed E-state index contributed by atoms with van der Waals surface area (Å²) >= 11 is 0. The summed E-state index contributed by atoms with van der Waals surface area (Å²) in [5, 5.41) is 2.17. The molecule has 3 atom stereocenters. The lowest BCUT2D eigenvalue weighted by atomic mass is 10.0. The van der Waals surface area contributed by atoms with Crippen molar-refractivity contribution in [2.24, 2.45) is 0 Å². The summed E-state index contributed by atoms with van der Waals surface area (Å²) in [5.74, 6) is 1.46. The number of benzene rings is 2. The molecular formula is C19H23NO3S. The molecule has 4 nitrogen and oxygen atoms in total. The van der Waals surface area contributed by atoms with Gasteiger partial charge >= 0.3 is 0 Å². The molecule has 0 bridgehead atoms. The van der Waals surface area contributed by atoms with Gasteiger partial charge in [-0.3, -0.25) is 9.00 Å². The number of ether oxygens (including phenoxy) is 1. The van der Waals surface area contributed by atoms with Crippen LogP contribution in [0.1, 0.15) is 19.4 Å². The predicted octanol–water partition coefficient (Wildman–Crippen LogP) is 2.76. The van der Waals surface area contributed by atoms with Crippen LogP contribution in [-0.4, -0.2) is 45.7 Å². The van der Waals surface area contributed by atoms with E-state index in [1.54, 1.807) is 7.11 Å². The maximum Gasteiger partial charge on any atom is 0.227 e. The Hall–Kier alpha value is -1.88. The Morgan fingerprint density at radius 1 is 1.29 bits per heavy atom. The number of carbonyl (C=O) groups excluding carboxylic acids is 1. The number of methoxy groups -OCH3 is 1. The van der Waals surface area contributed by atoms with Gasteiger partial charge in [0.2, 0.25) is 5.91 Å².